The van der Waals surface area contributed by atoms with Gasteiger partial charge in [0.15, 0.2) is 0 Å². The summed E-state index contributed by atoms with van der Waals surface area (Å²) < 4.78 is 5.24. The van der Waals surface area contributed by atoms with Crippen LogP contribution >= 0.6 is 0 Å². The van der Waals surface area contributed by atoms with Crippen molar-refractivity contribution in [1.82, 2.24) is 15.1 Å². The van der Waals surface area contributed by atoms with Crippen molar-refractivity contribution in [2.24, 2.45) is 0 Å². The number of likely N-dealkylation sites (tertiary alicyclic amines) is 1. The van der Waals surface area contributed by atoms with Gasteiger partial charge in [0, 0.05) is 6.54 Å². The maximum Gasteiger partial charge on any atom is 0.325 e. The lowest BCUT2D eigenvalue weighted by Gasteiger charge is -2.26. The van der Waals surface area contributed by atoms with Crippen LogP contribution in [0.25, 0.3) is 0 Å². The van der Waals surface area contributed by atoms with Crippen LogP contribution in [0.3, 0.4) is 0 Å². The molecule has 0 spiro atoms. The van der Waals surface area contributed by atoms with Crippen LogP contribution < -0.4 is 10.1 Å². The van der Waals surface area contributed by atoms with E-state index in [9.17, 15) is 14.4 Å². The summed E-state index contributed by atoms with van der Waals surface area (Å²) in [7, 11) is 1.61. The lowest BCUT2D eigenvalue weighted by atomic mass is 10.0. The first kappa shape index (κ1) is 15.3. The topological polar surface area (TPSA) is 79.0 Å². The third-order valence-electron chi connectivity index (χ3n) is 4.28. The number of amides is 4. The van der Waals surface area contributed by atoms with Crippen LogP contribution in [0.15, 0.2) is 24.3 Å². The van der Waals surface area contributed by atoms with Crippen molar-refractivity contribution < 1.29 is 19.1 Å². The molecule has 1 aromatic carbocycles. The summed E-state index contributed by atoms with van der Waals surface area (Å²) in [5.41, 5.74) is 1.01. The van der Waals surface area contributed by atoms with Crippen LogP contribution in [0.5, 0.6) is 5.75 Å². The predicted octanol–water partition coefficient (Wildman–Crippen LogP) is 0.910. The highest BCUT2D eigenvalue weighted by atomic mass is 16.5. The van der Waals surface area contributed by atoms with Gasteiger partial charge in [-0.05, 0) is 30.5 Å². The molecule has 1 atom stereocenters. The molecule has 3 rings (SSSR count). The van der Waals surface area contributed by atoms with Gasteiger partial charge in [-0.25, -0.2) is 4.79 Å². The van der Waals surface area contributed by atoms with Crippen molar-refractivity contribution in [3.05, 3.63) is 29.8 Å². The molecule has 2 aliphatic heterocycles. The van der Waals surface area contributed by atoms with Gasteiger partial charge >= 0.3 is 6.03 Å². The highest BCUT2D eigenvalue weighted by Gasteiger charge is 2.35. The number of ether oxygens (including phenoxy) is 1. The standard InChI is InChI=1S/C16H19N3O4/c1-23-12-5-2-4-11(8-12)13-6-3-7-18(13)15(21)10-19-14(20)9-17-16(19)22/h2,4-5,8,13H,3,6-7,9-10H2,1H3,(H,17,22)/t13-/m0/s1. The highest BCUT2D eigenvalue weighted by molar-refractivity contribution is 6.04. The Morgan fingerprint density at radius 3 is 2.91 bits per heavy atom. The average molecular weight is 317 g/mol. The summed E-state index contributed by atoms with van der Waals surface area (Å²) in [4.78, 5) is 38.5. The number of hydrogen-bond acceptors (Lipinski definition) is 4. The molecule has 0 unspecified atom stereocenters. The number of hydrogen-bond donors (Lipinski definition) is 1. The maximum atomic E-state index is 12.6. The number of methoxy groups -OCH3 is 1. The zero-order chi connectivity index (χ0) is 16.4. The minimum atomic E-state index is -0.500. The van der Waals surface area contributed by atoms with Crippen molar-refractivity contribution in [1.29, 1.82) is 0 Å². The van der Waals surface area contributed by atoms with E-state index in [4.69, 9.17) is 4.74 Å². The second-order valence-corrected chi connectivity index (χ2v) is 5.66. The molecule has 122 valence electrons. The van der Waals surface area contributed by atoms with Crippen molar-refractivity contribution in [3.8, 4) is 5.75 Å². The Hall–Kier alpha value is -2.57. The second-order valence-electron chi connectivity index (χ2n) is 5.66. The zero-order valence-electron chi connectivity index (χ0n) is 12.9. The highest BCUT2D eigenvalue weighted by Crippen LogP contribution is 2.33. The first-order valence-corrected chi connectivity index (χ1v) is 7.62. The number of carbonyl (C=O) groups excluding carboxylic acids is 3. The van der Waals surface area contributed by atoms with Crippen LogP contribution in [0.4, 0.5) is 4.79 Å². The van der Waals surface area contributed by atoms with Crippen LogP contribution in [0.2, 0.25) is 0 Å². The van der Waals surface area contributed by atoms with Gasteiger partial charge in [-0.15, -0.1) is 0 Å². The van der Waals surface area contributed by atoms with Crippen molar-refractivity contribution in [2.75, 3.05) is 26.7 Å². The average Bonchev–Trinajstić information content (AvgIpc) is 3.17. The number of nitrogens with zero attached hydrogens (tertiary/aromatic N) is 2. The molecule has 0 saturated carbocycles. The van der Waals surface area contributed by atoms with Crippen LogP contribution in [0, 0.1) is 0 Å². The summed E-state index contributed by atoms with van der Waals surface area (Å²) in [5, 5.41) is 2.42. The fourth-order valence-electron chi connectivity index (χ4n) is 3.10. The van der Waals surface area contributed by atoms with E-state index in [1.807, 2.05) is 24.3 Å². The van der Waals surface area contributed by atoms with Crippen LogP contribution in [0.1, 0.15) is 24.4 Å². The normalized spacial score (nSPS) is 20.8. The van der Waals surface area contributed by atoms with Gasteiger partial charge < -0.3 is 15.0 Å². The predicted molar refractivity (Wildman–Crippen MR) is 81.8 cm³/mol. The van der Waals surface area contributed by atoms with E-state index in [-0.39, 0.29) is 30.9 Å². The molecule has 7 nitrogen and oxygen atoms in total. The third kappa shape index (κ3) is 2.99. The Labute approximate surface area is 134 Å². The molecule has 0 radical (unpaired) electrons. The molecule has 2 saturated heterocycles. The lowest BCUT2D eigenvalue weighted by molar-refractivity contribution is -0.137. The van der Waals surface area contributed by atoms with E-state index in [1.54, 1.807) is 12.0 Å². The number of nitrogens with one attached hydrogen (secondary N) is 1. The molecule has 2 aliphatic rings. The fraction of sp³-hybridized carbons (Fsp3) is 0.438. The summed E-state index contributed by atoms with van der Waals surface area (Å²) in [6.07, 6.45) is 1.76. The number of urea groups is 1. The summed E-state index contributed by atoms with van der Waals surface area (Å²) in [6.45, 7) is 0.390. The minimum Gasteiger partial charge on any atom is -0.497 e. The van der Waals surface area contributed by atoms with E-state index in [0.29, 0.717) is 6.54 Å². The Balaban J connectivity index is 1.74. The number of benzene rings is 1. The second kappa shape index (κ2) is 6.28. The number of carbonyl (C=O) groups is 3. The van der Waals surface area contributed by atoms with Gasteiger partial charge in [0.25, 0.3) is 5.91 Å². The van der Waals surface area contributed by atoms with E-state index in [2.05, 4.69) is 5.32 Å². The van der Waals surface area contributed by atoms with Gasteiger partial charge in [-0.1, -0.05) is 12.1 Å². The fourth-order valence-corrected chi connectivity index (χ4v) is 3.10. The molecule has 4 amide bonds. The Kier molecular flexibility index (Phi) is 4.18. The molecule has 0 aliphatic carbocycles. The summed E-state index contributed by atoms with van der Waals surface area (Å²) in [5.74, 6) is 0.178. The molecule has 23 heavy (non-hydrogen) atoms. The van der Waals surface area contributed by atoms with Crippen molar-refractivity contribution >= 4 is 17.8 Å². The van der Waals surface area contributed by atoms with Crippen LogP contribution in [-0.2, 0) is 9.59 Å². The van der Waals surface area contributed by atoms with Crippen molar-refractivity contribution in [3.63, 3.8) is 0 Å². The lowest BCUT2D eigenvalue weighted by Crippen LogP contribution is -2.42. The number of imide groups is 1. The van der Waals surface area contributed by atoms with E-state index >= 15 is 0 Å². The Morgan fingerprint density at radius 2 is 2.22 bits per heavy atom. The summed E-state index contributed by atoms with van der Waals surface area (Å²) >= 11 is 0. The Morgan fingerprint density at radius 1 is 1.39 bits per heavy atom. The zero-order valence-corrected chi connectivity index (χ0v) is 12.9. The first-order valence-electron chi connectivity index (χ1n) is 7.62. The van der Waals surface area contributed by atoms with Gasteiger partial charge in [0.2, 0.25) is 5.91 Å². The SMILES string of the molecule is COc1cccc([C@@H]2CCCN2C(=O)CN2C(=O)CNC2=O)c1. The third-order valence-corrected chi connectivity index (χ3v) is 4.28. The molecular formula is C16H19N3O4. The smallest absolute Gasteiger partial charge is 0.325 e. The van der Waals surface area contributed by atoms with Gasteiger partial charge in [-0.2, -0.15) is 0 Å². The quantitative estimate of drug-likeness (QED) is 0.837. The monoisotopic (exact) mass is 317 g/mol. The molecule has 2 heterocycles. The molecule has 2 fully saturated rings. The first-order chi connectivity index (χ1) is 11.1. The van der Waals surface area contributed by atoms with E-state index in [1.165, 1.54) is 0 Å². The molecule has 0 bridgehead atoms. The largest absolute Gasteiger partial charge is 0.497 e. The van der Waals surface area contributed by atoms with Gasteiger partial charge in [-0.3, -0.25) is 14.5 Å². The molecule has 0 aromatic heterocycles. The van der Waals surface area contributed by atoms with E-state index in [0.717, 1.165) is 29.1 Å². The summed E-state index contributed by atoms with van der Waals surface area (Å²) in [6, 6.07) is 7.10. The minimum absolute atomic E-state index is 0.0363. The van der Waals surface area contributed by atoms with Gasteiger partial charge in [0.1, 0.15) is 12.3 Å². The number of rotatable bonds is 4. The molecule has 1 N–H and O–H groups in total. The van der Waals surface area contributed by atoms with Gasteiger partial charge in [0.05, 0.1) is 19.7 Å². The van der Waals surface area contributed by atoms with E-state index < -0.39 is 6.03 Å². The Bertz CT molecular complexity index is 630. The molecule has 1 aromatic rings. The van der Waals surface area contributed by atoms with Crippen molar-refractivity contribution in [2.45, 2.75) is 18.9 Å². The van der Waals surface area contributed by atoms with Crippen LogP contribution in [-0.4, -0.2) is 54.4 Å². The maximum absolute atomic E-state index is 12.6. The molecule has 7 heteroatoms. The molecular weight excluding hydrogens is 298 g/mol.